The molecule has 0 atom stereocenters. The third-order valence-corrected chi connectivity index (χ3v) is 5.41. The van der Waals surface area contributed by atoms with Gasteiger partial charge in [0.25, 0.3) is 0 Å². The second kappa shape index (κ2) is 6.54. The SMILES string of the molecule is Cc1cn(-c2cccc(-c3ccnc4c(C(=O)c5cccs5)cnn34)c2)cn1. The number of nitrogens with zero attached hydrogens (tertiary/aromatic N) is 5. The van der Waals surface area contributed by atoms with Crippen LogP contribution in [0.3, 0.4) is 0 Å². The predicted molar refractivity (Wildman–Crippen MR) is 108 cm³/mol. The van der Waals surface area contributed by atoms with Gasteiger partial charge in [0.15, 0.2) is 5.65 Å². The first-order valence-corrected chi connectivity index (χ1v) is 9.61. The van der Waals surface area contributed by atoms with Gasteiger partial charge >= 0.3 is 0 Å². The van der Waals surface area contributed by atoms with Crippen molar-refractivity contribution in [3.05, 3.63) is 88.9 Å². The van der Waals surface area contributed by atoms with Crippen LogP contribution in [0, 0.1) is 6.92 Å². The molecule has 0 fully saturated rings. The zero-order valence-electron chi connectivity index (χ0n) is 15.0. The van der Waals surface area contributed by atoms with Crippen LogP contribution in [0.25, 0.3) is 22.6 Å². The van der Waals surface area contributed by atoms with E-state index in [0.29, 0.717) is 16.1 Å². The van der Waals surface area contributed by atoms with Crippen molar-refractivity contribution in [2.75, 3.05) is 0 Å². The molecule has 5 rings (SSSR count). The van der Waals surface area contributed by atoms with Crippen LogP contribution in [0.1, 0.15) is 20.9 Å². The van der Waals surface area contributed by atoms with Crippen LogP contribution in [0.2, 0.25) is 0 Å². The lowest BCUT2D eigenvalue weighted by molar-refractivity contribution is 0.104. The van der Waals surface area contributed by atoms with Crippen molar-refractivity contribution in [2.24, 2.45) is 0 Å². The summed E-state index contributed by atoms with van der Waals surface area (Å²) in [6.07, 6.45) is 7.08. The van der Waals surface area contributed by atoms with Gasteiger partial charge < -0.3 is 4.57 Å². The van der Waals surface area contributed by atoms with Crippen LogP contribution < -0.4 is 0 Å². The van der Waals surface area contributed by atoms with Crippen molar-refractivity contribution in [1.82, 2.24) is 24.1 Å². The molecule has 5 aromatic rings. The molecule has 136 valence electrons. The number of aryl methyl sites for hydroxylation is 1. The fourth-order valence-electron chi connectivity index (χ4n) is 3.20. The van der Waals surface area contributed by atoms with Gasteiger partial charge in [-0.15, -0.1) is 11.3 Å². The van der Waals surface area contributed by atoms with E-state index in [4.69, 9.17) is 0 Å². The Bertz CT molecular complexity index is 1300. The summed E-state index contributed by atoms with van der Waals surface area (Å²) in [5, 5.41) is 6.34. The van der Waals surface area contributed by atoms with Gasteiger partial charge in [0.1, 0.15) is 0 Å². The minimum absolute atomic E-state index is 0.0581. The Hall–Kier alpha value is -3.58. The molecule has 0 aliphatic rings. The van der Waals surface area contributed by atoms with E-state index in [2.05, 4.69) is 21.1 Å². The van der Waals surface area contributed by atoms with E-state index in [9.17, 15) is 4.79 Å². The minimum Gasteiger partial charge on any atom is -0.306 e. The lowest BCUT2D eigenvalue weighted by Gasteiger charge is -2.08. The van der Waals surface area contributed by atoms with Crippen molar-refractivity contribution in [2.45, 2.75) is 6.92 Å². The molecule has 0 unspecified atom stereocenters. The molecule has 4 aromatic heterocycles. The normalized spacial score (nSPS) is 11.2. The smallest absolute Gasteiger partial charge is 0.208 e. The van der Waals surface area contributed by atoms with E-state index in [0.717, 1.165) is 22.6 Å². The lowest BCUT2D eigenvalue weighted by Crippen LogP contribution is -2.01. The highest BCUT2D eigenvalue weighted by Gasteiger charge is 2.18. The summed E-state index contributed by atoms with van der Waals surface area (Å²) in [6.45, 7) is 1.96. The Kier molecular flexibility index (Phi) is 3.87. The fraction of sp³-hybridized carbons (Fsp3) is 0.0476. The van der Waals surface area contributed by atoms with Gasteiger partial charge in [-0.05, 0) is 36.6 Å². The second-order valence-corrected chi connectivity index (χ2v) is 7.35. The van der Waals surface area contributed by atoms with Gasteiger partial charge in [0, 0.05) is 23.6 Å². The van der Waals surface area contributed by atoms with E-state index in [1.807, 2.05) is 59.5 Å². The molecular weight excluding hydrogens is 370 g/mol. The first-order valence-electron chi connectivity index (χ1n) is 8.73. The molecule has 28 heavy (non-hydrogen) atoms. The quantitative estimate of drug-likeness (QED) is 0.435. The van der Waals surface area contributed by atoms with Crippen molar-refractivity contribution in [1.29, 1.82) is 0 Å². The second-order valence-electron chi connectivity index (χ2n) is 6.40. The number of ketones is 1. The number of hydrogen-bond acceptors (Lipinski definition) is 5. The first-order chi connectivity index (χ1) is 13.7. The first kappa shape index (κ1) is 16.6. The highest BCUT2D eigenvalue weighted by Crippen LogP contribution is 2.25. The Morgan fingerprint density at radius 3 is 2.82 bits per heavy atom. The standard InChI is InChI=1S/C21H15N5OS/c1-14-12-25(13-23-14)16-5-2-4-15(10-16)18-7-8-22-21-17(11-24-26(18)21)20(27)19-6-3-9-28-19/h2-13H,1H3. The van der Waals surface area contributed by atoms with E-state index < -0.39 is 0 Å². The number of rotatable bonds is 4. The molecule has 0 amide bonds. The number of aromatic nitrogens is 5. The summed E-state index contributed by atoms with van der Waals surface area (Å²) in [6, 6.07) is 13.7. The van der Waals surface area contributed by atoms with E-state index in [1.165, 1.54) is 11.3 Å². The van der Waals surface area contributed by atoms with Crippen LogP contribution >= 0.6 is 11.3 Å². The van der Waals surface area contributed by atoms with E-state index in [-0.39, 0.29) is 5.78 Å². The third-order valence-electron chi connectivity index (χ3n) is 4.54. The van der Waals surface area contributed by atoms with Crippen LogP contribution in [0.4, 0.5) is 0 Å². The highest BCUT2D eigenvalue weighted by molar-refractivity contribution is 7.12. The van der Waals surface area contributed by atoms with Crippen molar-refractivity contribution < 1.29 is 4.79 Å². The summed E-state index contributed by atoms with van der Waals surface area (Å²) >= 11 is 1.42. The topological polar surface area (TPSA) is 65.1 Å². The molecule has 4 heterocycles. The maximum absolute atomic E-state index is 12.8. The van der Waals surface area contributed by atoms with Gasteiger partial charge in [-0.3, -0.25) is 4.79 Å². The zero-order chi connectivity index (χ0) is 19.1. The molecule has 0 saturated heterocycles. The number of carbonyl (C=O) groups is 1. The average Bonchev–Trinajstić information content (AvgIpc) is 3.47. The molecule has 0 aliphatic carbocycles. The van der Waals surface area contributed by atoms with Gasteiger partial charge in [0.05, 0.1) is 34.4 Å². The number of carbonyl (C=O) groups excluding carboxylic acids is 1. The Morgan fingerprint density at radius 1 is 1.11 bits per heavy atom. The summed E-state index contributed by atoms with van der Waals surface area (Å²) < 4.78 is 3.70. The maximum atomic E-state index is 12.8. The zero-order valence-corrected chi connectivity index (χ0v) is 15.8. The van der Waals surface area contributed by atoms with Gasteiger partial charge in [-0.1, -0.05) is 18.2 Å². The Balaban J connectivity index is 1.62. The van der Waals surface area contributed by atoms with Gasteiger partial charge in [-0.25, -0.2) is 14.5 Å². The number of hydrogen-bond donors (Lipinski definition) is 0. The summed E-state index contributed by atoms with van der Waals surface area (Å²) in [5.74, 6) is -0.0581. The third kappa shape index (κ3) is 2.73. The number of benzene rings is 1. The van der Waals surface area contributed by atoms with Crippen LogP contribution in [-0.4, -0.2) is 29.9 Å². The highest BCUT2D eigenvalue weighted by atomic mass is 32.1. The van der Waals surface area contributed by atoms with Crippen LogP contribution in [-0.2, 0) is 0 Å². The molecule has 0 saturated carbocycles. The molecule has 1 aromatic carbocycles. The molecule has 0 spiro atoms. The predicted octanol–water partition coefficient (Wildman–Crippen LogP) is 4.18. The molecule has 7 heteroatoms. The van der Waals surface area contributed by atoms with Crippen LogP contribution in [0.15, 0.2) is 72.8 Å². The van der Waals surface area contributed by atoms with Crippen molar-refractivity contribution in [3.8, 4) is 16.9 Å². The molecule has 0 bridgehead atoms. The van der Waals surface area contributed by atoms with Crippen LogP contribution in [0.5, 0.6) is 0 Å². The summed E-state index contributed by atoms with van der Waals surface area (Å²) in [7, 11) is 0. The minimum atomic E-state index is -0.0581. The lowest BCUT2D eigenvalue weighted by atomic mass is 10.1. The number of fused-ring (bicyclic) bond motifs is 1. The largest absolute Gasteiger partial charge is 0.306 e. The number of thiophene rings is 1. The fourth-order valence-corrected chi connectivity index (χ4v) is 3.88. The number of imidazole rings is 1. The van der Waals surface area contributed by atoms with Crippen molar-refractivity contribution in [3.63, 3.8) is 0 Å². The van der Waals surface area contributed by atoms with Gasteiger partial charge in [-0.2, -0.15) is 5.10 Å². The maximum Gasteiger partial charge on any atom is 0.208 e. The molecule has 0 aliphatic heterocycles. The summed E-state index contributed by atoms with van der Waals surface area (Å²) in [5.41, 5.74) is 4.87. The van der Waals surface area contributed by atoms with E-state index in [1.54, 1.807) is 23.2 Å². The average molecular weight is 385 g/mol. The van der Waals surface area contributed by atoms with E-state index >= 15 is 0 Å². The Labute approximate surface area is 164 Å². The molecule has 6 nitrogen and oxygen atoms in total. The van der Waals surface area contributed by atoms with Gasteiger partial charge in [0.2, 0.25) is 5.78 Å². The molecule has 0 radical (unpaired) electrons. The summed E-state index contributed by atoms with van der Waals surface area (Å²) in [4.78, 5) is 22.2. The molecular formula is C21H15N5OS. The Morgan fingerprint density at radius 2 is 2.04 bits per heavy atom. The molecule has 0 N–H and O–H groups in total. The van der Waals surface area contributed by atoms with Crippen molar-refractivity contribution >= 4 is 22.8 Å². The monoisotopic (exact) mass is 385 g/mol.